The molecule has 3 aromatic carbocycles. The Morgan fingerprint density at radius 1 is 0.815 bits per heavy atom. The van der Waals surface area contributed by atoms with Crippen LogP contribution in [0.5, 0.6) is 0 Å². The van der Waals surface area contributed by atoms with Crippen LogP contribution in [0.1, 0.15) is 23.6 Å². The van der Waals surface area contributed by atoms with Crippen LogP contribution in [0.4, 0.5) is 22.0 Å². The Morgan fingerprint density at radius 3 is 2.19 bits per heavy atom. The summed E-state index contributed by atoms with van der Waals surface area (Å²) in [5.41, 5.74) is 0.368. The van der Waals surface area contributed by atoms with E-state index in [-0.39, 0.29) is 16.3 Å². The smallest absolute Gasteiger partial charge is 0.195 e. The quantitative estimate of drug-likeness (QED) is 0.222. The minimum Gasteiger partial charge on any atom is -0.206 e. The molecule has 0 radical (unpaired) electrons. The zero-order valence-electron chi connectivity index (χ0n) is 14.2. The molecule has 0 aliphatic carbocycles. The summed E-state index contributed by atoms with van der Waals surface area (Å²) in [6, 6.07) is 7.19. The summed E-state index contributed by atoms with van der Waals surface area (Å²) in [6.07, 6.45) is 3.95. The molecule has 0 saturated heterocycles. The van der Waals surface area contributed by atoms with Crippen molar-refractivity contribution in [2.45, 2.75) is 13.3 Å². The predicted octanol–water partition coefficient (Wildman–Crippen LogP) is 6.05. The topological polar surface area (TPSA) is 0 Å². The molecule has 0 bridgehead atoms. The molecule has 0 saturated carbocycles. The van der Waals surface area contributed by atoms with Gasteiger partial charge in [0.05, 0.1) is 5.56 Å². The second kappa shape index (κ2) is 7.63. The van der Waals surface area contributed by atoms with Crippen molar-refractivity contribution in [3.63, 3.8) is 0 Å². The van der Waals surface area contributed by atoms with Gasteiger partial charge in [-0.2, -0.15) is 0 Å². The molecule has 0 N–H and O–H groups in total. The first-order chi connectivity index (χ1) is 12.9. The van der Waals surface area contributed by atoms with E-state index in [2.05, 4.69) is 11.8 Å². The Labute approximate surface area is 152 Å². The normalized spacial score (nSPS) is 11.0. The summed E-state index contributed by atoms with van der Waals surface area (Å²) in [7, 11) is 0. The SMILES string of the molecule is CC=CCc1cc(F)c(C#Cc2ccc3c(F)c(F)c(F)cc3c2)c(F)c1. The van der Waals surface area contributed by atoms with Crippen LogP contribution in [0.2, 0.25) is 0 Å². The lowest BCUT2D eigenvalue weighted by molar-refractivity contribution is 0.453. The highest BCUT2D eigenvalue weighted by Gasteiger charge is 2.13. The van der Waals surface area contributed by atoms with Gasteiger partial charge in [-0.15, -0.1) is 0 Å². The van der Waals surface area contributed by atoms with Crippen molar-refractivity contribution in [3.8, 4) is 11.8 Å². The summed E-state index contributed by atoms with van der Waals surface area (Å²) in [5.74, 6) is -0.771. The maximum atomic E-state index is 14.1. The molecule has 3 aromatic rings. The zero-order valence-corrected chi connectivity index (χ0v) is 14.2. The molecule has 3 rings (SSSR count). The van der Waals surface area contributed by atoms with Gasteiger partial charge in [-0.25, -0.2) is 22.0 Å². The summed E-state index contributed by atoms with van der Waals surface area (Å²) in [5, 5.41) is -0.00834. The van der Waals surface area contributed by atoms with Gasteiger partial charge >= 0.3 is 0 Å². The largest absolute Gasteiger partial charge is 0.206 e. The summed E-state index contributed by atoms with van der Waals surface area (Å²) < 4.78 is 68.6. The van der Waals surface area contributed by atoms with Crippen LogP contribution in [0, 0.1) is 40.9 Å². The molecule has 0 aliphatic heterocycles. The third-order valence-corrected chi connectivity index (χ3v) is 4.00. The molecular weight excluding hydrogens is 359 g/mol. The van der Waals surface area contributed by atoms with Crippen LogP contribution < -0.4 is 0 Å². The molecule has 0 heterocycles. The standard InChI is InChI=1S/C22H13F5/c1-2-3-4-14-10-18(23)17(19(24)11-14)8-6-13-5-7-16-15(9-13)12-20(25)22(27)21(16)26/h2-3,5,7,9-12H,4H2,1H3. The lowest BCUT2D eigenvalue weighted by atomic mass is 10.0. The van der Waals surface area contributed by atoms with E-state index in [0.717, 1.165) is 6.07 Å². The average Bonchev–Trinajstić information content (AvgIpc) is 2.63. The highest BCUT2D eigenvalue weighted by atomic mass is 19.2. The monoisotopic (exact) mass is 372 g/mol. The van der Waals surface area contributed by atoms with E-state index in [1.165, 1.54) is 30.3 Å². The molecule has 0 aliphatic rings. The highest BCUT2D eigenvalue weighted by Crippen LogP contribution is 2.24. The first-order valence-electron chi connectivity index (χ1n) is 8.09. The molecule has 5 heteroatoms. The van der Waals surface area contributed by atoms with Crippen LogP contribution in [-0.4, -0.2) is 0 Å². The van der Waals surface area contributed by atoms with Gasteiger partial charge in [-0.05, 0) is 54.6 Å². The van der Waals surface area contributed by atoms with Gasteiger partial charge in [0.25, 0.3) is 0 Å². The molecule has 0 fully saturated rings. The fourth-order valence-electron chi connectivity index (χ4n) is 2.63. The third kappa shape index (κ3) is 3.85. The van der Waals surface area contributed by atoms with Crippen molar-refractivity contribution in [2.24, 2.45) is 0 Å². The van der Waals surface area contributed by atoms with E-state index in [9.17, 15) is 22.0 Å². The second-order valence-electron chi connectivity index (χ2n) is 5.88. The molecule has 0 nitrogen and oxygen atoms in total. The summed E-state index contributed by atoms with van der Waals surface area (Å²) >= 11 is 0. The van der Waals surface area contributed by atoms with Gasteiger partial charge in [-0.3, -0.25) is 0 Å². The lowest BCUT2D eigenvalue weighted by Gasteiger charge is -2.03. The Morgan fingerprint density at radius 2 is 1.52 bits per heavy atom. The van der Waals surface area contributed by atoms with Crippen LogP contribution in [0.15, 0.2) is 48.6 Å². The van der Waals surface area contributed by atoms with Crippen molar-refractivity contribution in [1.29, 1.82) is 0 Å². The predicted molar refractivity (Wildman–Crippen MR) is 94.7 cm³/mol. The molecule has 0 spiro atoms. The van der Waals surface area contributed by atoms with E-state index in [1.54, 1.807) is 12.2 Å². The average molecular weight is 372 g/mol. The number of hydrogen-bond acceptors (Lipinski definition) is 0. The molecule has 0 amide bonds. The van der Waals surface area contributed by atoms with Gasteiger partial charge in [0.1, 0.15) is 11.6 Å². The van der Waals surface area contributed by atoms with Gasteiger partial charge in [0.2, 0.25) is 0 Å². The van der Waals surface area contributed by atoms with Crippen LogP contribution >= 0.6 is 0 Å². The molecule has 27 heavy (non-hydrogen) atoms. The first kappa shape index (κ1) is 18.7. The minimum absolute atomic E-state index is 0.0980. The number of halogens is 5. The minimum atomic E-state index is -1.55. The number of rotatable bonds is 2. The fourth-order valence-corrected chi connectivity index (χ4v) is 2.63. The number of benzene rings is 3. The highest BCUT2D eigenvalue weighted by molar-refractivity contribution is 5.84. The van der Waals surface area contributed by atoms with Gasteiger partial charge < -0.3 is 0 Å². The van der Waals surface area contributed by atoms with Crippen molar-refractivity contribution < 1.29 is 22.0 Å². The molecular formula is C22H13F5. The van der Waals surface area contributed by atoms with E-state index in [0.29, 0.717) is 12.0 Å². The molecule has 136 valence electrons. The zero-order chi connectivity index (χ0) is 19.6. The maximum absolute atomic E-state index is 14.1. The van der Waals surface area contributed by atoms with Crippen molar-refractivity contribution >= 4 is 10.8 Å². The third-order valence-electron chi connectivity index (χ3n) is 4.00. The Balaban J connectivity index is 1.99. The van der Waals surface area contributed by atoms with E-state index < -0.39 is 34.6 Å². The molecule has 0 atom stereocenters. The summed E-state index contributed by atoms with van der Waals surface area (Å²) in [4.78, 5) is 0. The Hall–Kier alpha value is -3.13. The van der Waals surface area contributed by atoms with Crippen LogP contribution in [0.3, 0.4) is 0 Å². The lowest BCUT2D eigenvalue weighted by Crippen LogP contribution is -1.94. The van der Waals surface area contributed by atoms with Crippen LogP contribution in [0.25, 0.3) is 10.8 Å². The van der Waals surface area contributed by atoms with Gasteiger partial charge in [0, 0.05) is 10.9 Å². The summed E-state index contributed by atoms with van der Waals surface area (Å²) in [6.45, 7) is 1.81. The second-order valence-corrected chi connectivity index (χ2v) is 5.88. The van der Waals surface area contributed by atoms with Crippen molar-refractivity contribution in [3.05, 3.63) is 94.3 Å². The van der Waals surface area contributed by atoms with E-state index in [1.807, 2.05) is 6.92 Å². The number of allylic oxidation sites excluding steroid dienone is 2. The van der Waals surface area contributed by atoms with E-state index in [4.69, 9.17) is 0 Å². The van der Waals surface area contributed by atoms with Crippen molar-refractivity contribution in [2.75, 3.05) is 0 Å². The molecule has 0 unspecified atom stereocenters. The van der Waals surface area contributed by atoms with Crippen molar-refractivity contribution in [1.82, 2.24) is 0 Å². The Kier molecular flexibility index (Phi) is 5.27. The van der Waals surface area contributed by atoms with Gasteiger partial charge in [-0.1, -0.05) is 30.1 Å². The van der Waals surface area contributed by atoms with Crippen LogP contribution in [-0.2, 0) is 6.42 Å². The fraction of sp³-hybridized carbons (Fsp3) is 0.0909. The number of fused-ring (bicyclic) bond motifs is 1. The maximum Gasteiger partial charge on any atom is 0.195 e. The number of hydrogen-bond donors (Lipinski definition) is 0. The molecule has 0 aromatic heterocycles. The Bertz CT molecular complexity index is 1090. The van der Waals surface area contributed by atoms with Gasteiger partial charge in [0.15, 0.2) is 17.5 Å². The van der Waals surface area contributed by atoms with E-state index >= 15 is 0 Å². The first-order valence-corrected chi connectivity index (χ1v) is 8.09.